The highest BCUT2D eigenvalue weighted by Gasteiger charge is 2.39. The maximum Gasteiger partial charge on any atom is 0.255 e. The van der Waals surface area contributed by atoms with Crippen molar-refractivity contribution in [2.75, 3.05) is 26.2 Å². The highest BCUT2D eigenvalue weighted by atomic mass is 16.5. The monoisotopic (exact) mass is 482 g/mol. The lowest BCUT2D eigenvalue weighted by molar-refractivity contribution is -0.136. The predicted molar refractivity (Wildman–Crippen MR) is 132 cm³/mol. The van der Waals surface area contributed by atoms with Gasteiger partial charge in [0.05, 0.1) is 12.2 Å². The van der Waals surface area contributed by atoms with Crippen molar-refractivity contribution in [3.05, 3.63) is 34.9 Å². The molecule has 35 heavy (non-hydrogen) atoms. The summed E-state index contributed by atoms with van der Waals surface area (Å²) >= 11 is 0. The number of amides is 3. The van der Waals surface area contributed by atoms with E-state index in [0.29, 0.717) is 43.1 Å². The molecule has 4 fully saturated rings. The van der Waals surface area contributed by atoms with Crippen LogP contribution in [-0.4, -0.2) is 67.1 Å². The number of ether oxygens (including phenoxy) is 1. The van der Waals surface area contributed by atoms with E-state index in [4.69, 9.17) is 4.74 Å². The largest absolute Gasteiger partial charge is 0.372 e. The normalized spacial score (nSPS) is 26.0. The number of hydrogen-bond acceptors (Lipinski definition) is 6. The number of carbonyl (C=O) groups excluding carboxylic acids is 3. The molecule has 4 heterocycles. The van der Waals surface area contributed by atoms with E-state index in [1.807, 2.05) is 6.07 Å². The molecule has 3 N–H and O–H groups in total. The van der Waals surface area contributed by atoms with Gasteiger partial charge in [-0.05, 0) is 68.3 Å². The van der Waals surface area contributed by atoms with Crippen LogP contribution in [0.1, 0.15) is 85.2 Å². The first-order chi connectivity index (χ1) is 17.1. The number of rotatable bonds is 4. The Morgan fingerprint density at radius 1 is 0.857 bits per heavy atom. The molecule has 0 radical (unpaired) electrons. The molecule has 0 spiro atoms. The summed E-state index contributed by atoms with van der Waals surface area (Å²) in [6, 6.07) is 5.64. The zero-order chi connectivity index (χ0) is 24.2. The molecule has 3 amide bonds. The lowest BCUT2D eigenvalue weighted by Gasteiger charge is -2.33. The second-order valence-electron chi connectivity index (χ2n) is 10.5. The predicted octanol–water partition coefficient (Wildman–Crippen LogP) is 2.22. The summed E-state index contributed by atoms with van der Waals surface area (Å²) in [4.78, 5) is 37.7. The topological polar surface area (TPSA) is 99.8 Å². The van der Waals surface area contributed by atoms with Crippen LogP contribution in [0.4, 0.5) is 0 Å². The number of fused-ring (bicyclic) bond motifs is 1. The second-order valence-corrected chi connectivity index (χ2v) is 10.5. The van der Waals surface area contributed by atoms with Gasteiger partial charge >= 0.3 is 0 Å². The number of nitrogens with one attached hydrogen (secondary N) is 3. The number of benzene rings is 1. The minimum Gasteiger partial charge on any atom is -0.372 e. The standard InChI is InChI=1S/C19H22N2O3.C8H16N2O/c22-17-9-8-16(18(23)20-17)21-11-14-10-13(6-7-15(14)19(21)24)12-4-2-1-3-5-12;1-3-9-4-2-7(1)11-8-5-10-6-8/h6-7,10,12,16H,1-5,8-9,11H2,(H,20,22,23);7-10H,1-6H2. The summed E-state index contributed by atoms with van der Waals surface area (Å²) in [5, 5.41) is 8.88. The van der Waals surface area contributed by atoms with Gasteiger partial charge in [0.2, 0.25) is 11.8 Å². The first kappa shape index (κ1) is 24.4. The van der Waals surface area contributed by atoms with Gasteiger partial charge in [-0.25, -0.2) is 0 Å². The Labute approximate surface area is 207 Å². The van der Waals surface area contributed by atoms with E-state index >= 15 is 0 Å². The number of hydrogen-bond donors (Lipinski definition) is 3. The molecular formula is C27H38N4O4. The van der Waals surface area contributed by atoms with Crippen LogP contribution >= 0.6 is 0 Å². The third-order valence-electron chi connectivity index (χ3n) is 8.04. The van der Waals surface area contributed by atoms with E-state index in [1.54, 1.807) is 4.90 Å². The van der Waals surface area contributed by atoms with Gasteiger partial charge in [-0.3, -0.25) is 19.7 Å². The molecule has 1 aromatic carbocycles. The van der Waals surface area contributed by atoms with Gasteiger partial charge in [0.1, 0.15) is 6.04 Å². The van der Waals surface area contributed by atoms with Crippen LogP contribution in [0.25, 0.3) is 0 Å². The SMILES string of the molecule is C1CC(OC2CNC2)CCN1.O=C1CCC(N2Cc3cc(C4CCCCC4)ccc3C2=O)C(=O)N1. The Balaban J connectivity index is 0.000000192. The molecule has 0 bridgehead atoms. The van der Waals surface area contributed by atoms with Gasteiger partial charge < -0.3 is 20.3 Å². The fraction of sp³-hybridized carbons (Fsp3) is 0.667. The van der Waals surface area contributed by atoms with Crippen LogP contribution in [-0.2, 0) is 20.9 Å². The smallest absolute Gasteiger partial charge is 0.255 e. The Morgan fingerprint density at radius 2 is 1.63 bits per heavy atom. The molecule has 8 heteroatoms. The second kappa shape index (κ2) is 11.2. The van der Waals surface area contributed by atoms with Gasteiger partial charge in [0.25, 0.3) is 5.91 Å². The van der Waals surface area contributed by atoms with Gasteiger partial charge in [-0.2, -0.15) is 0 Å². The van der Waals surface area contributed by atoms with E-state index in [1.165, 1.54) is 50.5 Å². The molecule has 0 aromatic heterocycles. The molecule has 4 aliphatic heterocycles. The van der Waals surface area contributed by atoms with Crippen molar-refractivity contribution in [1.29, 1.82) is 0 Å². The van der Waals surface area contributed by atoms with Gasteiger partial charge in [0, 0.05) is 31.6 Å². The molecule has 1 unspecified atom stereocenters. The van der Waals surface area contributed by atoms with Crippen molar-refractivity contribution < 1.29 is 19.1 Å². The fourth-order valence-corrected chi connectivity index (χ4v) is 5.85. The number of carbonyl (C=O) groups is 3. The molecule has 5 aliphatic rings. The van der Waals surface area contributed by atoms with Crippen molar-refractivity contribution in [2.24, 2.45) is 0 Å². The molecule has 6 rings (SSSR count). The average Bonchev–Trinajstić information content (AvgIpc) is 3.18. The number of nitrogens with zero attached hydrogens (tertiary/aromatic N) is 1. The Morgan fingerprint density at radius 3 is 2.31 bits per heavy atom. The average molecular weight is 483 g/mol. The lowest BCUT2D eigenvalue weighted by atomic mass is 9.83. The molecule has 8 nitrogen and oxygen atoms in total. The molecule has 190 valence electrons. The van der Waals surface area contributed by atoms with Crippen LogP contribution in [0.2, 0.25) is 0 Å². The molecule has 3 saturated heterocycles. The zero-order valence-corrected chi connectivity index (χ0v) is 20.5. The van der Waals surface area contributed by atoms with Crippen LogP contribution in [0, 0.1) is 0 Å². The summed E-state index contributed by atoms with van der Waals surface area (Å²) < 4.78 is 5.82. The van der Waals surface area contributed by atoms with Crippen LogP contribution in [0.15, 0.2) is 18.2 Å². The molecule has 1 aliphatic carbocycles. The summed E-state index contributed by atoms with van der Waals surface area (Å²) in [6.45, 7) is 4.85. The van der Waals surface area contributed by atoms with Crippen molar-refractivity contribution in [3.8, 4) is 0 Å². The summed E-state index contributed by atoms with van der Waals surface area (Å²) in [6.07, 6.45) is 10.5. The summed E-state index contributed by atoms with van der Waals surface area (Å²) in [7, 11) is 0. The third-order valence-corrected chi connectivity index (χ3v) is 8.04. The number of piperidine rings is 2. The van der Waals surface area contributed by atoms with E-state index < -0.39 is 6.04 Å². The minimum atomic E-state index is -0.527. The van der Waals surface area contributed by atoms with Crippen LogP contribution in [0.5, 0.6) is 0 Å². The molecule has 1 aromatic rings. The lowest BCUT2D eigenvalue weighted by Crippen LogP contribution is -2.52. The van der Waals surface area contributed by atoms with Crippen molar-refractivity contribution in [2.45, 2.75) is 88.5 Å². The Bertz CT molecular complexity index is 935. The van der Waals surface area contributed by atoms with Crippen LogP contribution in [0.3, 0.4) is 0 Å². The Kier molecular flexibility index (Phi) is 7.80. The van der Waals surface area contributed by atoms with Crippen molar-refractivity contribution >= 4 is 17.7 Å². The third kappa shape index (κ3) is 5.76. The molecule has 1 saturated carbocycles. The maximum absolute atomic E-state index is 12.7. The minimum absolute atomic E-state index is 0.0882. The van der Waals surface area contributed by atoms with E-state index in [9.17, 15) is 14.4 Å². The maximum atomic E-state index is 12.7. The van der Waals surface area contributed by atoms with Crippen molar-refractivity contribution in [3.63, 3.8) is 0 Å². The quantitative estimate of drug-likeness (QED) is 0.569. The first-order valence-corrected chi connectivity index (χ1v) is 13.4. The highest BCUT2D eigenvalue weighted by molar-refractivity contribution is 6.05. The summed E-state index contributed by atoms with van der Waals surface area (Å²) in [5.74, 6) is -0.0848. The first-order valence-electron chi connectivity index (χ1n) is 13.4. The van der Waals surface area contributed by atoms with E-state index in [-0.39, 0.29) is 17.7 Å². The number of imide groups is 1. The highest BCUT2D eigenvalue weighted by Crippen LogP contribution is 2.35. The van der Waals surface area contributed by atoms with Crippen molar-refractivity contribution in [1.82, 2.24) is 20.9 Å². The van der Waals surface area contributed by atoms with E-state index in [0.717, 1.165) is 31.7 Å². The van der Waals surface area contributed by atoms with Gasteiger partial charge in [-0.15, -0.1) is 0 Å². The van der Waals surface area contributed by atoms with Gasteiger partial charge in [-0.1, -0.05) is 31.4 Å². The fourth-order valence-electron chi connectivity index (χ4n) is 5.85. The van der Waals surface area contributed by atoms with Gasteiger partial charge in [0.15, 0.2) is 0 Å². The zero-order valence-electron chi connectivity index (χ0n) is 20.5. The molecular weight excluding hydrogens is 444 g/mol. The van der Waals surface area contributed by atoms with E-state index in [2.05, 4.69) is 28.1 Å². The Hall–Kier alpha value is -2.29. The summed E-state index contributed by atoms with van der Waals surface area (Å²) in [5.41, 5.74) is 3.05. The molecule has 1 atom stereocenters. The van der Waals surface area contributed by atoms with Crippen LogP contribution < -0.4 is 16.0 Å².